The summed E-state index contributed by atoms with van der Waals surface area (Å²) >= 11 is 6.77. The minimum absolute atomic E-state index is 0.408. The summed E-state index contributed by atoms with van der Waals surface area (Å²) < 4.78 is 5.17. The zero-order chi connectivity index (χ0) is 8.97. The quantitative estimate of drug-likeness (QED) is 0.705. The lowest BCUT2D eigenvalue weighted by Crippen LogP contribution is -1.88. The van der Waals surface area contributed by atoms with Crippen LogP contribution < -0.4 is 0 Å². The van der Waals surface area contributed by atoms with Gasteiger partial charge in [0, 0.05) is 22.4 Å². The monoisotopic (exact) mass is 204 g/mol. The van der Waals surface area contributed by atoms with Crippen molar-refractivity contribution >= 4 is 28.2 Å². The third-order valence-corrected chi connectivity index (χ3v) is 2.46. The van der Waals surface area contributed by atoms with Crippen LogP contribution in [0.4, 0.5) is 0 Å². The van der Waals surface area contributed by atoms with Crippen LogP contribution in [0.15, 0.2) is 11.4 Å². The van der Waals surface area contributed by atoms with Crippen molar-refractivity contribution in [3.63, 3.8) is 0 Å². The molecule has 0 aliphatic heterocycles. The van der Waals surface area contributed by atoms with Gasteiger partial charge in [-0.15, -0.1) is 11.3 Å². The lowest BCUT2D eigenvalue weighted by molar-refractivity contribution is 0.108. The van der Waals surface area contributed by atoms with E-state index in [1.165, 1.54) is 11.3 Å². The molecule has 0 atom stereocenters. The zero-order valence-corrected chi connectivity index (χ0v) is 8.24. The van der Waals surface area contributed by atoms with Crippen LogP contribution in [0.3, 0.4) is 0 Å². The Morgan fingerprint density at radius 2 is 2.50 bits per heavy atom. The van der Waals surface area contributed by atoms with E-state index >= 15 is 0 Å². The lowest BCUT2D eigenvalue weighted by atomic mass is 10.3. The molecule has 66 valence electrons. The molecule has 1 heterocycles. The molecule has 0 N–H and O–H groups in total. The van der Waals surface area contributed by atoms with E-state index in [0.717, 1.165) is 4.88 Å². The molecule has 0 aromatic carbocycles. The van der Waals surface area contributed by atoms with Crippen molar-refractivity contribution < 1.29 is 9.53 Å². The molecule has 1 rings (SSSR count). The Morgan fingerprint density at radius 1 is 1.75 bits per heavy atom. The number of carbonyl (C=O) groups is 1. The summed E-state index contributed by atoms with van der Waals surface area (Å²) in [4.78, 5) is 11.7. The third-order valence-electron chi connectivity index (χ3n) is 1.33. The number of rotatable bonds is 4. The summed E-state index contributed by atoms with van der Waals surface area (Å²) in [5.74, 6) is 0. The fourth-order valence-electron chi connectivity index (χ4n) is 0.762. The second kappa shape index (κ2) is 4.60. The van der Waals surface area contributed by atoms with Crippen LogP contribution in [0.2, 0.25) is 0 Å². The van der Waals surface area contributed by atoms with Gasteiger partial charge in [0.1, 0.15) is 0 Å². The van der Waals surface area contributed by atoms with E-state index in [1.54, 1.807) is 11.4 Å². The molecule has 0 bridgehead atoms. The van der Waals surface area contributed by atoms with Crippen LogP contribution in [0.5, 0.6) is 0 Å². The minimum atomic E-state index is -0.408. The van der Waals surface area contributed by atoms with Crippen LogP contribution in [-0.4, -0.2) is 11.8 Å². The second-order valence-electron chi connectivity index (χ2n) is 2.21. The Hall–Kier alpha value is -0.380. The van der Waals surface area contributed by atoms with Gasteiger partial charge in [-0.25, -0.2) is 0 Å². The van der Waals surface area contributed by atoms with E-state index in [2.05, 4.69) is 0 Å². The second-order valence-corrected chi connectivity index (χ2v) is 3.55. The topological polar surface area (TPSA) is 26.3 Å². The Kier molecular flexibility index (Phi) is 3.72. The fourth-order valence-corrected chi connectivity index (χ4v) is 1.74. The average molecular weight is 205 g/mol. The highest BCUT2D eigenvalue weighted by Crippen LogP contribution is 2.17. The zero-order valence-electron chi connectivity index (χ0n) is 6.67. The van der Waals surface area contributed by atoms with E-state index in [1.807, 2.05) is 6.92 Å². The SMILES string of the molecule is CCOCc1cc(C(=O)Cl)cs1. The molecule has 0 unspecified atom stereocenters. The normalized spacial score (nSPS) is 10.2. The molecule has 1 aromatic rings. The molecule has 0 saturated carbocycles. The molecule has 0 radical (unpaired) electrons. The van der Waals surface area contributed by atoms with Crippen molar-refractivity contribution in [1.29, 1.82) is 0 Å². The van der Waals surface area contributed by atoms with Crippen LogP contribution in [0.1, 0.15) is 22.2 Å². The summed E-state index contributed by atoms with van der Waals surface area (Å²) in [6, 6.07) is 1.76. The fraction of sp³-hybridized carbons (Fsp3) is 0.375. The number of hydrogen-bond acceptors (Lipinski definition) is 3. The van der Waals surface area contributed by atoms with Gasteiger partial charge in [0.15, 0.2) is 0 Å². The molecular weight excluding hydrogens is 196 g/mol. The van der Waals surface area contributed by atoms with Crippen LogP contribution in [-0.2, 0) is 11.3 Å². The third kappa shape index (κ3) is 2.59. The highest BCUT2D eigenvalue weighted by molar-refractivity contribution is 7.10. The summed E-state index contributed by atoms with van der Waals surface area (Å²) in [6.45, 7) is 3.18. The van der Waals surface area contributed by atoms with Crippen LogP contribution in [0.25, 0.3) is 0 Å². The first-order valence-corrected chi connectivity index (χ1v) is 4.84. The predicted molar refractivity (Wildman–Crippen MR) is 49.8 cm³/mol. The van der Waals surface area contributed by atoms with Crippen molar-refractivity contribution in [1.82, 2.24) is 0 Å². The number of thiophene rings is 1. The summed E-state index contributed by atoms with van der Waals surface area (Å²) in [5.41, 5.74) is 0.552. The smallest absolute Gasteiger partial charge is 0.253 e. The van der Waals surface area contributed by atoms with Gasteiger partial charge >= 0.3 is 0 Å². The van der Waals surface area contributed by atoms with Gasteiger partial charge in [0.25, 0.3) is 5.24 Å². The highest BCUT2D eigenvalue weighted by Gasteiger charge is 2.04. The highest BCUT2D eigenvalue weighted by atomic mass is 35.5. The maximum atomic E-state index is 10.7. The molecule has 1 aromatic heterocycles. The predicted octanol–water partition coefficient (Wildman–Crippen LogP) is 2.66. The Balaban J connectivity index is 2.58. The molecular formula is C8H9ClO2S. The van der Waals surface area contributed by atoms with Crippen molar-refractivity contribution in [3.05, 3.63) is 21.9 Å². The van der Waals surface area contributed by atoms with Crippen molar-refractivity contribution in [2.75, 3.05) is 6.61 Å². The molecule has 2 nitrogen and oxygen atoms in total. The van der Waals surface area contributed by atoms with E-state index < -0.39 is 5.24 Å². The molecule has 0 amide bonds. The minimum Gasteiger partial charge on any atom is -0.376 e. The first-order chi connectivity index (χ1) is 5.74. The van der Waals surface area contributed by atoms with Crippen molar-refractivity contribution in [2.24, 2.45) is 0 Å². The maximum Gasteiger partial charge on any atom is 0.253 e. The molecule has 12 heavy (non-hydrogen) atoms. The van der Waals surface area contributed by atoms with Crippen molar-refractivity contribution in [3.8, 4) is 0 Å². The van der Waals surface area contributed by atoms with Gasteiger partial charge in [0.05, 0.1) is 6.61 Å². The van der Waals surface area contributed by atoms with Gasteiger partial charge in [-0.1, -0.05) is 0 Å². The van der Waals surface area contributed by atoms with E-state index in [-0.39, 0.29) is 0 Å². The Bertz CT molecular complexity index is 270. The summed E-state index contributed by atoms with van der Waals surface area (Å²) in [5, 5.41) is 1.33. The van der Waals surface area contributed by atoms with Gasteiger partial charge < -0.3 is 4.74 Å². The Labute approximate surface area is 80.1 Å². The molecule has 0 aliphatic carbocycles. The van der Waals surface area contributed by atoms with E-state index in [9.17, 15) is 4.79 Å². The van der Waals surface area contributed by atoms with Gasteiger partial charge in [-0.2, -0.15) is 0 Å². The molecule has 0 saturated heterocycles. The Morgan fingerprint density at radius 3 is 3.00 bits per heavy atom. The number of halogens is 1. The number of carbonyl (C=O) groups excluding carboxylic acids is 1. The maximum absolute atomic E-state index is 10.7. The number of ether oxygens (including phenoxy) is 1. The number of hydrogen-bond donors (Lipinski definition) is 0. The largest absolute Gasteiger partial charge is 0.376 e. The standard InChI is InChI=1S/C8H9ClO2S/c1-2-11-4-7-3-6(5-12-7)8(9)10/h3,5H,2,4H2,1H3. The molecule has 0 spiro atoms. The first kappa shape index (κ1) is 9.71. The molecule has 0 fully saturated rings. The summed E-state index contributed by atoms with van der Waals surface area (Å²) in [7, 11) is 0. The van der Waals surface area contributed by atoms with Crippen molar-refractivity contribution in [2.45, 2.75) is 13.5 Å². The van der Waals surface area contributed by atoms with Crippen LogP contribution in [0, 0.1) is 0 Å². The van der Waals surface area contributed by atoms with Gasteiger partial charge in [-0.3, -0.25) is 4.79 Å². The van der Waals surface area contributed by atoms with Gasteiger partial charge in [0.2, 0.25) is 0 Å². The summed E-state index contributed by atoms with van der Waals surface area (Å²) in [6.07, 6.45) is 0. The van der Waals surface area contributed by atoms with E-state index in [4.69, 9.17) is 16.3 Å². The molecule has 0 aliphatic rings. The molecule has 4 heteroatoms. The lowest BCUT2D eigenvalue weighted by Gasteiger charge is -1.94. The first-order valence-electron chi connectivity index (χ1n) is 3.59. The average Bonchev–Trinajstić information content (AvgIpc) is 2.48. The van der Waals surface area contributed by atoms with E-state index in [0.29, 0.717) is 18.8 Å². The van der Waals surface area contributed by atoms with Crippen LogP contribution >= 0.6 is 22.9 Å². The van der Waals surface area contributed by atoms with Gasteiger partial charge in [-0.05, 0) is 24.6 Å².